The van der Waals surface area contributed by atoms with Crippen molar-refractivity contribution >= 4 is 10.8 Å². The highest BCUT2D eigenvalue weighted by molar-refractivity contribution is 5.89. The summed E-state index contributed by atoms with van der Waals surface area (Å²) in [5.74, 6) is 0. The minimum Gasteiger partial charge on any atom is -0.0776 e. The Morgan fingerprint density at radius 3 is 2.00 bits per heavy atom. The zero-order chi connectivity index (χ0) is 9.42. The fraction of sp³-hybridized carbons (Fsp3) is 0.286. The minimum absolute atomic E-state index is 0. The lowest BCUT2D eigenvalue weighted by molar-refractivity contribution is 1.34. The third kappa shape index (κ3) is 1.52. The highest BCUT2D eigenvalue weighted by Gasteiger charge is 2.01. The topological polar surface area (TPSA) is 0 Å². The van der Waals surface area contributed by atoms with Crippen molar-refractivity contribution in [2.24, 2.45) is 0 Å². The van der Waals surface area contributed by atoms with Gasteiger partial charge in [0.15, 0.2) is 0 Å². The van der Waals surface area contributed by atoms with Gasteiger partial charge in [0.25, 0.3) is 0 Å². The van der Waals surface area contributed by atoms with Gasteiger partial charge in [-0.15, -0.1) is 0 Å². The molecule has 0 atom stereocenters. The van der Waals surface area contributed by atoms with E-state index in [9.17, 15) is 0 Å². The van der Waals surface area contributed by atoms with Crippen LogP contribution in [0, 0.1) is 20.8 Å². The average Bonchev–Trinajstić information content (AvgIpc) is 2.15. The van der Waals surface area contributed by atoms with Gasteiger partial charge in [-0.2, -0.15) is 0 Å². The van der Waals surface area contributed by atoms with Gasteiger partial charge in [0.2, 0.25) is 0 Å². The van der Waals surface area contributed by atoms with Crippen molar-refractivity contribution in [1.82, 2.24) is 0 Å². The number of aryl methyl sites for hydroxylation is 3. The molecule has 0 bridgehead atoms. The summed E-state index contributed by atoms with van der Waals surface area (Å²) in [6.07, 6.45) is 0. The van der Waals surface area contributed by atoms with Gasteiger partial charge in [0.1, 0.15) is 0 Å². The van der Waals surface area contributed by atoms with Crippen LogP contribution >= 0.6 is 0 Å². The Bertz CT molecular complexity index is 453. The number of benzene rings is 2. The first-order chi connectivity index (χ1) is 6.20. The van der Waals surface area contributed by atoms with Crippen LogP contribution in [0.2, 0.25) is 0 Å². The summed E-state index contributed by atoms with van der Waals surface area (Å²) < 4.78 is 0. The van der Waals surface area contributed by atoms with Gasteiger partial charge in [0.05, 0.1) is 0 Å². The molecule has 0 aromatic heterocycles. The van der Waals surface area contributed by atoms with E-state index < -0.39 is 0 Å². The maximum Gasteiger partial charge on any atom is -0.0149 e. The van der Waals surface area contributed by atoms with E-state index in [1.807, 2.05) is 0 Å². The maximum atomic E-state index is 2.26. The Morgan fingerprint density at radius 1 is 0.786 bits per heavy atom. The van der Waals surface area contributed by atoms with Crippen molar-refractivity contribution in [1.29, 1.82) is 0 Å². The molecule has 14 heavy (non-hydrogen) atoms. The number of fused-ring (bicyclic) bond motifs is 1. The van der Waals surface area contributed by atoms with E-state index >= 15 is 0 Å². The van der Waals surface area contributed by atoms with Crippen molar-refractivity contribution in [2.45, 2.75) is 28.2 Å². The highest BCUT2D eigenvalue weighted by atomic mass is 14.1. The summed E-state index contributed by atoms with van der Waals surface area (Å²) in [6, 6.07) is 10.9. The monoisotopic (exact) mass is 186 g/mol. The molecular weight excluding hydrogens is 168 g/mol. The molecule has 0 nitrogen and oxygen atoms in total. The molecule has 2 rings (SSSR count). The van der Waals surface area contributed by atoms with Crippen molar-refractivity contribution in [3.63, 3.8) is 0 Å². The summed E-state index contributed by atoms with van der Waals surface area (Å²) in [4.78, 5) is 0. The average molecular weight is 186 g/mol. The molecule has 74 valence electrons. The molecule has 0 amide bonds. The van der Waals surface area contributed by atoms with Crippen LogP contribution in [-0.2, 0) is 0 Å². The Morgan fingerprint density at radius 2 is 1.36 bits per heavy atom. The van der Waals surface area contributed by atoms with E-state index in [4.69, 9.17) is 0 Å². The Labute approximate surface area is 86.6 Å². The molecule has 0 heteroatoms. The molecule has 0 fully saturated rings. The van der Waals surface area contributed by atoms with Gasteiger partial charge in [-0.1, -0.05) is 37.8 Å². The van der Waals surface area contributed by atoms with E-state index in [0.717, 1.165) is 0 Å². The summed E-state index contributed by atoms with van der Waals surface area (Å²) in [5.41, 5.74) is 4.16. The summed E-state index contributed by atoms with van der Waals surface area (Å²) >= 11 is 0. The van der Waals surface area contributed by atoms with Crippen LogP contribution in [-0.4, -0.2) is 0 Å². The van der Waals surface area contributed by atoms with Gasteiger partial charge in [0, 0.05) is 0 Å². The first kappa shape index (κ1) is 10.8. The first-order valence-electron chi connectivity index (χ1n) is 4.65. The summed E-state index contributed by atoms with van der Waals surface area (Å²) in [6.45, 7) is 6.54. The lowest BCUT2D eigenvalue weighted by Gasteiger charge is -2.08. The molecule has 0 heterocycles. The molecule has 0 saturated heterocycles. The zero-order valence-corrected chi connectivity index (χ0v) is 8.39. The SMILES string of the molecule is C.Cc1cc(C)c2ccccc2c1C. The van der Waals surface area contributed by atoms with Crippen molar-refractivity contribution < 1.29 is 0 Å². The van der Waals surface area contributed by atoms with Gasteiger partial charge < -0.3 is 0 Å². The molecule has 0 unspecified atom stereocenters. The van der Waals surface area contributed by atoms with E-state index in [1.165, 1.54) is 27.5 Å². The molecule has 0 radical (unpaired) electrons. The second-order valence-electron chi connectivity index (χ2n) is 3.68. The van der Waals surface area contributed by atoms with Gasteiger partial charge in [-0.25, -0.2) is 0 Å². The molecule has 2 aromatic rings. The fourth-order valence-electron chi connectivity index (χ4n) is 1.88. The third-order valence-corrected chi connectivity index (χ3v) is 2.78. The molecule has 0 aliphatic rings. The van der Waals surface area contributed by atoms with Gasteiger partial charge in [-0.05, 0) is 48.2 Å². The molecule has 2 aromatic carbocycles. The predicted octanol–water partition coefficient (Wildman–Crippen LogP) is 4.40. The lowest BCUT2D eigenvalue weighted by Crippen LogP contribution is -1.86. The van der Waals surface area contributed by atoms with E-state index in [0.29, 0.717) is 0 Å². The first-order valence-corrected chi connectivity index (χ1v) is 4.65. The van der Waals surface area contributed by atoms with Crippen LogP contribution in [0.3, 0.4) is 0 Å². The molecule has 0 N–H and O–H groups in total. The van der Waals surface area contributed by atoms with Crippen LogP contribution in [0.4, 0.5) is 0 Å². The number of hydrogen-bond donors (Lipinski definition) is 0. The van der Waals surface area contributed by atoms with Crippen LogP contribution in [0.5, 0.6) is 0 Å². The zero-order valence-electron chi connectivity index (χ0n) is 8.39. The smallest absolute Gasteiger partial charge is 0.0149 e. The normalized spacial score (nSPS) is 9.93. The second kappa shape index (κ2) is 3.83. The van der Waals surface area contributed by atoms with E-state index in [1.54, 1.807) is 0 Å². The van der Waals surface area contributed by atoms with Gasteiger partial charge >= 0.3 is 0 Å². The van der Waals surface area contributed by atoms with Crippen molar-refractivity contribution in [3.05, 3.63) is 47.0 Å². The van der Waals surface area contributed by atoms with E-state index in [-0.39, 0.29) is 7.43 Å². The fourth-order valence-corrected chi connectivity index (χ4v) is 1.88. The third-order valence-electron chi connectivity index (χ3n) is 2.78. The molecular formula is C14H18. The van der Waals surface area contributed by atoms with Crippen molar-refractivity contribution in [3.8, 4) is 0 Å². The Kier molecular flexibility index (Phi) is 2.95. The van der Waals surface area contributed by atoms with Gasteiger partial charge in [-0.3, -0.25) is 0 Å². The van der Waals surface area contributed by atoms with Crippen LogP contribution in [0.1, 0.15) is 24.1 Å². The quantitative estimate of drug-likeness (QED) is 0.572. The van der Waals surface area contributed by atoms with Crippen LogP contribution in [0.25, 0.3) is 10.8 Å². The summed E-state index contributed by atoms with van der Waals surface area (Å²) in [5, 5.41) is 2.77. The molecule has 0 aliphatic carbocycles. The second-order valence-corrected chi connectivity index (χ2v) is 3.68. The molecule has 0 spiro atoms. The minimum atomic E-state index is 0. The van der Waals surface area contributed by atoms with Crippen molar-refractivity contribution in [2.75, 3.05) is 0 Å². The number of hydrogen-bond acceptors (Lipinski definition) is 0. The van der Waals surface area contributed by atoms with Crippen LogP contribution in [0.15, 0.2) is 30.3 Å². The van der Waals surface area contributed by atoms with E-state index in [2.05, 4.69) is 51.1 Å². The molecule has 0 aliphatic heterocycles. The predicted molar refractivity (Wildman–Crippen MR) is 64.9 cm³/mol. The highest BCUT2D eigenvalue weighted by Crippen LogP contribution is 2.24. The lowest BCUT2D eigenvalue weighted by atomic mass is 9.97. The standard InChI is InChI=1S/C13H14.CH4/c1-9-8-10(2)12-6-4-5-7-13(12)11(9)3;/h4-8H,1-3H3;1H4. The largest absolute Gasteiger partial charge is 0.0776 e. The van der Waals surface area contributed by atoms with Crippen LogP contribution < -0.4 is 0 Å². The maximum absolute atomic E-state index is 2.26. The Hall–Kier alpha value is -1.30. The molecule has 0 saturated carbocycles. The Balaban J connectivity index is 0.000000980. The summed E-state index contributed by atoms with van der Waals surface area (Å²) in [7, 11) is 0. The number of rotatable bonds is 0.